The number of hydrogen-bond donors (Lipinski definition) is 0. The van der Waals surface area contributed by atoms with Gasteiger partial charge in [-0.3, -0.25) is 19.9 Å². The number of amides is 2. The molecule has 41 heavy (non-hydrogen) atoms. The summed E-state index contributed by atoms with van der Waals surface area (Å²) in [6.45, 7) is 12.5. The summed E-state index contributed by atoms with van der Waals surface area (Å²) in [4.78, 5) is 53.8. The molecule has 1 unspecified atom stereocenters. The van der Waals surface area contributed by atoms with E-state index in [0.717, 1.165) is 7.11 Å². The zero-order valence-electron chi connectivity index (χ0n) is 24.8. The van der Waals surface area contributed by atoms with E-state index in [9.17, 15) is 24.5 Å². The number of carbonyl (C=O) groups excluding carboxylic acids is 3. The SMILES string of the molecule is COC(=O)C(C)N(C(=O)OC(C)(C)C)c1cc2c(c(F)c1[N+](=O)[O-])CN1CCN(C(=O)OC(C)(C)C)C[C@H]1CCO2. The lowest BCUT2D eigenvalue weighted by molar-refractivity contribution is -0.386. The number of benzene rings is 1. The van der Waals surface area contributed by atoms with E-state index in [1.807, 2.05) is 4.90 Å². The molecule has 3 rings (SSSR count). The quantitative estimate of drug-likeness (QED) is 0.219. The number of nitro groups is 1. The number of esters is 1. The average molecular weight is 583 g/mol. The van der Waals surface area contributed by atoms with Gasteiger partial charge >= 0.3 is 23.8 Å². The van der Waals surface area contributed by atoms with Crippen LogP contribution in [0.2, 0.25) is 0 Å². The number of rotatable bonds is 4. The molecule has 1 aromatic rings. The summed E-state index contributed by atoms with van der Waals surface area (Å²) in [5.74, 6) is -2.07. The number of hydrogen-bond acceptors (Lipinski definition) is 10. The van der Waals surface area contributed by atoms with Crippen LogP contribution in [0.3, 0.4) is 0 Å². The second-order valence-corrected chi connectivity index (χ2v) is 12.0. The topological polar surface area (TPSA) is 141 Å². The van der Waals surface area contributed by atoms with Crippen LogP contribution in [-0.2, 0) is 25.5 Å². The van der Waals surface area contributed by atoms with E-state index in [-0.39, 0.29) is 30.5 Å². The summed E-state index contributed by atoms with van der Waals surface area (Å²) in [7, 11) is 1.10. The minimum Gasteiger partial charge on any atom is -0.493 e. The van der Waals surface area contributed by atoms with E-state index in [2.05, 4.69) is 0 Å². The Morgan fingerprint density at radius 2 is 1.78 bits per heavy atom. The molecule has 228 valence electrons. The van der Waals surface area contributed by atoms with Crippen molar-refractivity contribution in [3.05, 3.63) is 27.6 Å². The molecule has 0 bridgehead atoms. The van der Waals surface area contributed by atoms with E-state index < -0.39 is 57.5 Å². The van der Waals surface area contributed by atoms with Crippen molar-refractivity contribution in [1.82, 2.24) is 9.80 Å². The van der Waals surface area contributed by atoms with Crippen LogP contribution in [0.15, 0.2) is 6.07 Å². The van der Waals surface area contributed by atoms with Crippen LogP contribution >= 0.6 is 0 Å². The predicted octanol–water partition coefficient (Wildman–Crippen LogP) is 4.24. The molecule has 0 aliphatic carbocycles. The predicted molar refractivity (Wildman–Crippen MR) is 145 cm³/mol. The van der Waals surface area contributed by atoms with Gasteiger partial charge in [0.05, 0.1) is 24.2 Å². The standard InChI is InChI=1S/C27H39FN4O9/c1-16(23(33)38-8)31(25(35)41-27(5,6)7)19-13-20-18(21(28)22(19)32(36)37)15-29-10-11-30(14-17(29)9-12-39-20)24(34)40-26(2,3)4/h13,16-17H,9-12,14-15H2,1-8H3/t16?,17-/m1/s1. The van der Waals surface area contributed by atoms with Crippen molar-refractivity contribution < 1.29 is 42.6 Å². The average Bonchev–Trinajstić information content (AvgIpc) is 2.82. The van der Waals surface area contributed by atoms with Gasteiger partial charge in [0.1, 0.15) is 28.7 Å². The van der Waals surface area contributed by atoms with Gasteiger partial charge in [0.15, 0.2) is 0 Å². The first kappa shape index (κ1) is 31.8. The smallest absolute Gasteiger partial charge is 0.415 e. The number of anilines is 1. The molecule has 2 atom stereocenters. The number of carbonyl (C=O) groups is 3. The van der Waals surface area contributed by atoms with Crippen molar-refractivity contribution in [1.29, 1.82) is 0 Å². The number of methoxy groups -OCH3 is 1. The van der Waals surface area contributed by atoms with Crippen LogP contribution in [0, 0.1) is 15.9 Å². The van der Waals surface area contributed by atoms with Gasteiger partial charge in [-0.25, -0.2) is 14.4 Å². The Kier molecular flexibility index (Phi) is 9.36. The third kappa shape index (κ3) is 7.54. The molecule has 2 aliphatic heterocycles. The number of nitro benzene ring substituents is 1. The lowest BCUT2D eigenvalue weighted by atomic mass is 10.0. The number of nitrogens with zero attached hydrogens (tertiary/aromatic N) is 4. The van der Waals surface area contributed by atoms with Gasteiger partial charge in [0.2, 0.25) is 5.82 Å². The highest BCUT2D eigenvalue weighted by Crippen LogP contribution is 2.42. The Bertz CT molecular complexity index is 1190. The second kappa shape index (κ2) is 12.0. The van der Waals surface area contributed by atoms with Crippen LogP contribution in [-0.4, -0.2) is 89.5 Å². The number of fused-ring (bicyclic) bond motifs is 2. The van der Waals surface area contributed by atoms with Gasteiger partial charge in [0.25, 0.3) is 0 Å². The van der Waals surface area contributed by atoms with E-state index in [1.165, 1.54) is 13.0 Å². The highest BCUT2D eigenvalue weighted by atomic mass is 19.1. The molecule has 0 radical (unpaired) electrons. The van der Waals surface area contributed by atoms with Crippen LogP contribution in [0.1, 0.15) is 60.5 Å². The van der Waals surface area contributed by atoms with Gasteiger partial charge in [-0.15, -0.1) is 0 Å². The minimum absolute atomic E-state index is 0.00162. The molecular weight excluding hydrogens is 543 g/mol. The monoisotopic (exact) mass is 582 g/mol. The Morgan fingerprint density at radius 3 is 2.34 bits per heavy atom. The zero-order chi connectivity index (χ0) is 30.9. The molecule has 14 heteroatoms. The molecule has 0 saturated carbocycles. The lowest BCUT2D eigenvalue weighted by Gasteiger charge is -2.42. The fraction of sp³-hybridized carbons (Fsp3) is 0.667. The van der Waals surface area contributed by atoms with Gasteiger partial charge in [0, 0.05) is 38.3 Å². The first-order valence-electron chi connectivity index (χ1n) is 13.4. The molecule has 2 amide bonds. The molecule has 2 heterocycles. The summed E-state index contributed by atoms with van der Waals surface area (Å²) < 4.78 is 37.6. The van der Waals surface area contributed by atoms with Gasteiger partial charge in [-0.1, -0.05) is 0 Å². The van der Waals surface area contributed by atoms with E-state index in [0.29, 0.717) is 31.0 Å². The minimum atomic E-state index is -1.38. The molecule has 0 aromatic heterocycles. The molecule has 1 aromatic carbocycles. The Balaban J connectivity index is 2.03. The fourth-order valence-corrected chi connectivity index (χ4v) is 4.70. The lowest BCUT2D eigenvalue weighted by Crippen LogP contribution is -2.55. The summed E-state index contributed by atoms with van der Waals surface area (Å²) >= 11 is 0. The Hall–Kier alpha value is -3.68. The first-order chi connectivity index (χ1) is 18.9. The highest BCUT2D eigenvalue weighted by molar-refractivity contribution is 5.98. The molecule has 0 N–H and O–H groups in total. The van der Waals surface area contributed by atoms with Crippen LogP contribution < -0.4 is 9.64 Å². The molecule has 1 fully saturated rings. The van der Waals surface area contributed by atoms with E-state index >= 15 is 4.39 Å². The fourth-order valence-electron chi connectivity index (χ4n) is 4.70. The van der Waals surface area contributed by atoms with Crippen molar-refractivity contribution in [2.75, 3.05) is 38.3 Å². The summed E-state index contributed by atoms with van der Waals surface area (Å²) in [6.07, 6.45) is -1.07. The molecule has 0 spiro atoms. The van der Waals surface area contributed by atoms with Gasteiger partial charge < -0.3 is 23.8 Å². The van der Waals surface area contributed by atoms with Gasteiger partial charge in [-0.2, -0.15) is 4.39 Å². The normalized spacial score (nSPS) is 18.5. The zero-order valence-corrected chi connectivity index (χ0v) is 24.8. The molecule has 13 nitrogen and oxygen atoms in total. The van der Waals surface area contributed by atoms with Crippen molar-refractivity contribution >= 4 is 29.5 Å². The largest absolute Gasteiger partial charge is 0.493 e. The maximum absolute atomic E-state index is 16.1. The number of ether oxygens (including phenoxy) is 4. The Morgan fingerprint density at radius 1 is 1.15 bits per heavy atom. The van der Waals surface area contributed by atoms with E-state index in [1.54, 1.807) is 46.4 Å². The van der Waals surface area contributed by atoms with Crippen LogP contribution in [0.25, 0.3) is 0 Å². The van der Waals surface area contributed by atoms with Gasteiger partial charge in [-0.05, 0) is 54.9 Å². The maximum atomic E-state index is 16.1. The summed E-state index contributed by atoms with van der Waals surface area (Å²) in [5.41, 5.74) is -3.24. The number of piperazine rings is 1. The second-order valence-electron chi connectivity index (χ2n) is 12.0. The van der Waals surface area contributed by atoms with Crippen molar-refractivity contribution in [3.8, 4) is 5.75 Å². The third-order valence-corrected chi connectivity index (χ3v) is 6.57. The summed E-state index contributed by atoms with van der Waals surface area (Å²) in [6, 6.07) is -0.401. The van der Waals surface area contributed by atoms with Crippen LogP contribution in [0.4, 0.5) is 25.4 Å². The number of halogens is 1. The Labute approximate surface area is 238 Å². The van der Waals surface area contributed by atoms with Crippen molar-refractivity contribution in [2.45, 2.75) is 84.7 Å². The van der Waals surface area contributed by atoms with Crippen molar-refractivity contribution in [2.24, 2.45) is 0 Å². The highest BCUT2D eigenvalue weighted by Gasteiger charge is 2.41. The van der Waals surface area contributed by atoms with E-state index in [4.69, 9.17) is 18.9 Å². The molecule has 2 aliphatic rings. The first-order valence-corrected chi connectivity index (χ1v) is 13.4. The maximum Gasteiger partial charge on any atom is 0.415 e. The molecular formula is C27H39FN4O9. The molecule has 1 saturated heterocycles. The third-order valence-electron chi connectivity index (χ3n) is 6.57. The van der Waals surface area contributed by atoms with Crippen molar-refractivity contribution in [3.63, 3.8) is 0 Å². The summed E-state index contributed by atoms with van der Waals surface area (Å²) in [5, 5.41) is 12.2. The van der Waals surface area contributed by atoms with Crippen LogP contribution in [0.5, 0.6) is 5.75 Å².